The fraction of sp³-hybridized carbons (Fsp3) is 0.375. The van der Waals surface area contributed by atoms with E-state index in [9.17, 15) is 4.79 Å². The molecule has 5 nitrogen and oxygen atoms in total. The second-order valence-electron chi connectivity index (χ2n) is 5.79. The molecule has 2 heterocycles. The fourth-order valence-corrected chi connectivity index (χ4v) is 3.17. The average molecular weight is 355 g/mol. The van der Waals surface area contributed by atoms with Crippen LogP contribution in [0, 0.1) is 12.8 Å². The van der Waals surface area contributed by atoms with Crippen LogP contribution in [0.25, 0.3) is 0 Å². The van der Waals surface area contributed by atoms with Crippen LogP contribution >= 0.6 is 24.0 Å². The van der Waals surface area contributed by atoms with Crippen LogP contribution in [0.3, 0.4) is 0 Å². The Balaban J connectivity index is 0.00000192. The number of nitrogens with zero attached hydrogens (tertiary/aromatic N) is 2. The molecule has 7 heteroatoms. The third-order valence-electron chi connectivity index (χ3n) is 4.09. The number of carbonyl (C=O) groups is 1. The van der Waals surface area contributed by atoms with Crippen molar-refractivity contribution >= 4 is 35.6 Å². The number of aromatic nitrogens is 2. The van der Waals surface area contributed by atoms with Crippen LogP contribution in [0.5, 0.6) is 0 Å². The van der Waals surface area contributed by atoms with Crippen molar-refractivity contribution in [1.29, 1.82) is 0 Å². The van der Waals surface area contributed by atoms with E-state index in [1.165, 1.54) is 0 Å². The lowest BCUT2D eigenvalue weighted by molar-refractivity contribution is -0.119. The second kappa shape index (κ2) is 7.34. The van der Waals surface area contributed by atoms with Gasteiger partial charge in [0.1, 0.15) is 0 Å². The second-order valence-corrected chi connectivity index (χ2v) is 6.20. The van der Waals surface area contributed by atoms with Crippen molar-refractivity contribution in [3.05, 3.63) is 46.7 Å². The van der Waals surface area contributed by atoms with Crippen molar-refractivity contribution in [1.82, 2.24) is 15.1 Å². The van der Waals surface area contributed by atoms with Gasteiger partial charge in [-0.25, -0.2) is 0 Å². The lowest BCUT2D eigenvalue weighted by atomic mass is 9.90. The number of anilines is 1. The third kappa shape index (κ3) is 3.86. The minimum absolute atomic E-state index is 0. The largest absolute Gasteiger partial charge is 0.324 e. The van der Waals surface area contributed by atoms with Crippen molar-refractivity contribution < 1.29 is 4.79 Å². The standard InChI is InChI=1S/C16H19ClN4O.ClH/c1-10-3-4-15(14(17)5-10)20-16(22)13-8-18-7-12(13)11-6-19-21(2)9-11;/h3-6,9,12-13,18H,7-8H2,1-2H3,(H,20,22);1H/t12-,13+;/m1./s1. The summed E-state index contributed by atoms with van der Waals surface area (Å²) in [5.74, 6) is 0.00380. The third-order valence-corrected chi connectivity index (χ3v) is 4.40. The molecule has 2 atom stereocenters. The molecular formula is C16H20Cl2N4O. The van der Waals surface area contributed by atoms with Crippen molar-refractivity contribution in [2.75, 3.05) is 18.4 Å². The molecule has 0 aliphatic carbocycles. The number of carbonyl (C=O) groups excluding carboxylic acids is 1. The number of aryl methyl sites for hydroxylation is 2. The van der Waals surface area contributed by atoms with Crippen LogP contribution in [-0.2, 0) is 11.8 Å². The summed E-state index contributed by atoms with van der Waals surface area (Å²) in [4.78, 5) is 12.6. The van der Waals surface area contributed by atoms with E-state index in [0.29, 0.717) is 17.3 Å². The highest BCUT2D eigenvalue weighted by atomic mass is 35.5. The van der Waals surface area contributed by atoms with E-state index in [-0.39, 0.29) is 30.2 Å². The van der Waals surface area contributed by atoms with Gasteiger partial charge in [0.25, 0.3) is 0 Å². The summed E-state index contributed by atoms with van der Waals surface area (Å²) in [6, 6.07) is 5.63. The van der Waals surface area contributed by atoms with Crippen LogP contribution in [0.1, 0.15) is 17.0 Å². The molecular weight excluding hydrogens is 335 g/mol. The monoisotopic (exact) mass is 354 g/mol. The molecule has 124 valence electrons. The maximum atomic E-state index is 12.6. The summed E-state index contributed by atoms with van der Waals surface area (Å²) < 4.78 is 1.76. The fourth-order valence-electron chi connectivity index (χ4n) is 2.88. The zero-order valence-electron chi connectivity index (χ0n) is 13.0. The highest BCUT2D eigenvalue weighted by molar-refractivity contribution is 6.33. The first-order chi connectivity index (χ1) is 10.5. The molecule has 2 aromatic rings. The quantitative estimate of drug-likeness (QED) is 0.890. The summed E-state index contributed by atoms with van der Waals surface area (Å²) in [5, 5.41) is 11.0. The number of rotatable bonds is 3. The van der Waals surface area contributed by atoms with E-state index < -0.39 is 0 Å². The Morgan fingerprint density at radius 3 is 2.87 bits per heavy atom. The highest BCUT2D eigenvalue weighted by Crippen LogP contribution is 2.30. The topological polar surface area (TPSA) is 59.0 Å². The van der Waals surface area contributed by atoms with Gasteiger partial charge in [0.05, 0.1) is 22.8 Å². The zero-order chi connectivity index (χ0) is 15.7. The number of amides is 1. The molecule has 2 N–H and O–H groups in total. The van der Waals surface area contributed by atoms with Crippen LogP contribution in [0.4, 0.5) is 5.69 Å². The number of benzene rings is 1. The SMILES string of the molecule is Cc1ccc(NC(=O)[C@H]2CNC[C@@H]2c2cnn(C)c2)c(Cl)c1.Cl. The zero-order valence-corrected chi connectivity index (χ0v) is 14.6. The van der Waals surface area contributed by atoms with Crippen LogP contribution in [0.15, 0.2) is 30.6 Å². The number of nitrogens with one attached hydrogen (secondary N) is 2. The molecule has 0 radical (unpaired) electrons. The Labute approximate surface area is 146 Å². The molecule has 1 aliphatic rings. The van der Waals surface area contributed by atoms with Gasteiger partial charge in [-0.05, 0) is 30.2 Å². The van der Waals surface area contributed by atoms with E-state index in [0.717, 1.165) is 17.7 Å². The molecule has 1 aliphatic heterocycles. The minimum atomic E-state index is -0.124. The van der Waals surface area contributed by atoms with Crippen molar-refractivity contribution in [2.24, 2.45) is 13.0 Å². The first-order valence-electron chi connectivity index (χ1n) is 7.31. The summed E-state index contributed by atoms with van der Waals surface area (Å²) in [6.07, 6.45) is 3.80. The minimum Gasteiger partial charge on any atom is -0.324 e. The Bertz CT molecular complexity index is 701. The van der Waals surface area contributed by atoms with E-state index in [4.69, 9.17) is 11.6 Å². The van der Waals surface area contributed by atoms with E-state index >= 15 is 0 Å². The lowest BCUT2D eigenvalue weighted by Gasteiger charge is -2.17. The van der Waals surface area contributed by atoms with Gasteiger partial charge in [0.15, 0.2) is 0 Å². The first-order valence-corrected chi connectivity index (χ1v) is 7.68. The molecule has 1 saturated heterocycles. The molecule has 3 rings (SSSR count). The van der Waals surface area contributed by atoms with Gasteiger partial charge in [-0.1, -0.05) is 17.7 Å². The summed E-state index contributed by atoms with van der Waals surface area (Å²) in [7, 11) is 1.88. The van der Waals surface area contributed by atoms with Crippen LogP contribution in [0.2, 0.25) is 5.02 Å². The molecule has 1 aromatic carbocycles. The molecule has 1 amide bonds. The van der Waals surface area contributed by atoms with E-state index in [1.807, 2.05) is 44.6 Å². The van der Waals surface area contributed by atoms with Gasteiger partial charge < -0.3 is 10.6 Å². The lowest BCUT2D eigenvalue weighted by Crippen LogP contribution is -2.28. The van der Waals surface area contributed by atoms with E-state index in [1.54, 1.807) is 4.68 Å². The van der Waals surface area contributed by atoms with Gasteiger partial charge in [-0.3, -0.25) is 9.48 Å². The smallest absolute Gasteiger partial charge is 0.229 e. The van der Waals surface area contributed by atoms with Gasteiger partial charge in [0.2, 0.25) is 5.91 Å². The molecule has 0 spiro atoms. The van der Waals surface area contributed by atoms with Crippen molar-refractivity contribution in [3.63, 3.8) is 0 Å². The average Bonchev–Trinajstić information content (AvgIpc) is 3.10. The normalized spacial score (nSPS) is 20.1. The van der Waals surface area contributed by atoms with E-state index in [2.05, 4.69) is 15.7 Å². The summed E-state index contributed by atoms with van der Waals surface area (Å²) >= 11 is 6.19. The van der Waals surface area contributed by atoms with Crippen LogP contribution < -0.4 is 10.6 Å². The number of hydrogen-bond acceptors (Lipinski definition) is 3. The molecule has 0 unspecified atom stereocenters. The predicted octanol–water partition coefficient (Wildman–Crippen LogP) is 2.75. The molecule has 1 aromatic heterocycles. The Hall–Kier alpha value is -1.56. The number of hydrogen-bond donors (Lipinski definition) is 2. The maximum absolute atomic E-state index is 12.6. The molecule has 0 saturated carbocycles. The number of halogens is 2. The Morgan fingerprint density at radius 2 is 2.22 bits per heavy atom. The van der Waals surface area contributed by atoms with Crippen molar-refractivity contribution in [3.8, 4) is 0 Å². The molecule has 1 fully saturated rings. The van der Waals surface area contributed by atoms with Gasteiger partial charge in [-0.2, -0.15) is 5.10 Å². The molecule has 0 bridgehead atoms. The summed E-state index contributed by atoms with van der Waals surface area (Å²) in [5.41, 5.74) is 2.82. The maximum Gasteiger partial charge on any atom is 0.229 e. The Kier molecular flexibility index (Phi) is 5.68. The highest BCUT2D eigenvalue weighted by Gasteiger charge is 2.34. The Morgan fingerprint density at radius 1 is 1.43 bits per heavy atom. The van der Waals surface area contributed by atoms with Crippen LogP contribution in [-0.4, -0.2) is 28.8 Å². The first kappa shape index (κ1) is 17.8. The van der Waals surface area contributed by atoms with Gasteiger partial charge in [-0.15, -0.1) is 12.4 Å². The predicted molar refractivity (Wildman–Crippen MR) is 94.4 cm³/mol. The van der Waals surface area contributed by atoms with Crippen molar-refractivity contribution in [2.45, 2.75) is 12.8 Å². The molecule has 23 heavy (non-hydrogen) atoms. The van der Waals surface area contributed by atoms with Gasteiger partial charge in [0, 0.05) is 32.3 Å². The summed E-state index contributed by atoms with van der Waals surface area (Å²) in [6.45, 7) is 3.41. The van der Waals surface area contributed by atoms with Gasteiger partial charge >= 0.3 is 0 Å².